The van der Waals surface area contributed by atoms with Gasteiger partial charge in [-0.3, -0.25) is 9.36 Å². The van der Waals surface area contributed by atoms with Crippen molar-refractivity contribution in [1.82, 2.24) is 29.8 Å². The van der Waals surface area contributed by atoms with Gasteiger partial charge in [0.05, 0.1) is 16.8 Å². The molecule has 29 heavy (non-hydrogen) atoms. The van der Waals surface area contributed by atoms with Crippen LogP contribution < -0.4 is 5.56 Å². The Morgan fingerprint density at radius 2 is 1.97 bits per heavy atom. The van der Waals surface area contributed by atoms with Crippen molar-refractivity contribution in [2.24, 2.45) is 0 Å². The second kappa shape index (κ2) is 8.25. The standard InChI is InChI=1S/C19H19ClN6OS2/c1-4-9-25-15(22-23-24-25)10-28-19-21-17-16(11(2)12(3)29-17)18(27)26(19)14-7-5-13(20)6-8-14/h5-8H,4,9-10H2,1-3H3. The largest absolute Gasteiger partial charge is 0.268 e. The SMILES string of the molecule is CCCn1nnnc1CSc1nc2sc(C)c(C)c2c(=O)n1-c1ccc(Cl)cc1. The summed E-state index contributed by atoms with van der Waals surface area (Å²) in [5.74, 6) is 1.27. The fraction of sp³-hybridized carbons (Fsp3) is 0.316. The van der Waals surface area contributed by atoms with Crippen molar-refractivity contribution in [3.05, 3.63) is 55.9 Å². The van der Waals surface area contributed by atoms with Gasteiger partial charge >= 0.3 is 0 Å². The summed E-state index contributed by atoms with van der Waals surface area (Å²) in [7, 11) is 0. The van der Waals surface area contributed by atoms with Crippen LogP contribution in [0.2, 0.25) is 5.02 Å². The van der Waals surface area contributed by atoms with Crippen LogP contribution in [0.4, 0.5) is 0 Å². The first-order chi connectivity index (χ1) is 14.0. The van der Waals surface area contributed by atoms with Gasteiger partial charge in [-0.1, -0.05) is 30.3 Å². The maximum atomic E-state index is 13.4. The van der Waals surface area contributed by atoms with Gasteiger partial charge in [0, 0.05) is 16.4 Å². The highest BCUT2D eigenvalue weighted by Crippen LogP contribution is 2.30. The van der Waals surface area contributed by atoms with Crippen LogP contribution in [0.15, 0.2) is 34.2 Å². The molecule has 150 valence electrons. The zero-order valence-electron chi connectivity index (χ0n) is 16.2. The summed E-state index contributed by atoms with van der Waals surface area (Å²) in [6, 6.07) is 7.21. The zero-order valence-corrected chi connectivity index (χ0v) is 18.6. The molecular weight excluding hydrogens is 428 g/mol. The fourth-order valence-electron chi connectivity index (χ4n) is 3.03. The van der Waals surface area contributed by atoms with Crippen molar-refractivity contribution in [2.75, 3.05) is 0 Å². The van der Waals surface area contributed by atoms with E-state index in [1.54, 1.807) is 32.7 Å². The number of hydrogen-bond donors (Lipinski definition) is 0. The highest BCUT2D eigenvalue weighted by Gasteiger charge is 2.19. The lowest BCUT2D eigenvalue weighted by atomic mass is 10.2. The van der Waals surface area contributed by atoms with Gasteiger partial charge in [-0.05, 0) is 60.5 Å². The third kappa shape index (κ3) is 3.82. The zero-order chi connectivity index (χ0) is 20.5. The number of rotatable bonds is 6. The summed E-state index contributed by atoms with van der Waals surface area (Å²) in [5.41, 5.74) is 1.64. The van der Waals surface area contributed by atoms with Gasteiger partial charge in [0.25, 0.3) is 5.56 Å². The Balaban J connectivity index is 1.83. The number of nitrogens with zero attached hydrogens (tertiary/aromatic N) is 6. The van der Waals surface area contributed by atoms with Crippen LogP contribution in [0.5, 0.6) is 0 Å². The van der Waals surface area contributed by atoms with E-state index in [2.05, 4.69) is 22.4 Å². The molecule has 0 aliphatic heterocycles. The summed E-state index contributed by atoms with van der Waals surface area (Å²) in [4.78, 5) is 20.1. The molecule has 4 rings (SSSR count). The van der Waals surface area contributed by atoms with E-state index in [9.17, 15) is 4.79 Å². The summed E-state index contributed by atoms with van der Waals surface area (Å²) in [6.07, 6.45) is 0.941. The molecule has 0 bridgehead atoms. The van der Waals surface area contributed by atoms with Gasteiger partial charge in [0.2, 0.25) is 0 Å². The molecule has 0 aliphatic carbocycles. The minimum Gasteiger partial charge on any atom is -0.268 e. The van der Waals surface area contributed by atoms with Gasteiger partial charge in [0.1, 0.15) is 4.83 Å². The van der Waals surface area contributed by atoms with Crippen LogP contribution in [0.3, 0.4) is 0 Å². The second-order valence-corrected chi connectivity index (χ2v) is 9.16. The highest BCUT2D eigenvalue weighted by molar-refractivity contribution is 7.98. The van der Waals surface area contributed by atoms with Crippen LogP contribution in [0.25, 0.3) is 15.9 Å². The monoisotopic (exact) mass is 446 g/mol. The lowest BCUT2D eigenvalue weighted by Crippen LogP contribution is -2.21. The highest BCUT2D eigenvalue weighted by atomic mass is 35.5. The van der Waals surface area contributed by atoms with Gasteiger partial charge in [-0.25, -0.2) is 9.67 Å². The van der Waals surface area contributed by atoms with E-state index in [1.807, 2.05) is 26.0 Å². The third-order valence-electron chi connectivity index (χ3n) is 4.63. The molecule has 0 aliphatic rings. The van der Waals surface area contributed by atoms with Gasteiger partial charge in [-0.2, -0.15) is 0 Å². The number of fused-ring (bicyclic) bond motifs is 1. The minimum absolute atomic E-state index is 0.0742. The molecule has 0 N–H and O–H groups in total. The maximum Gasteiger partial charge on any atom is 0.267 e. The molecule has 0 radical (unpaired) electrons. The number of aromatic nitrogens is 6. The number of tetrazole rings is 1. The number of benzene rings is 1. The number of hydrogen-bond acceptors (Lipinski definition) is 7. The lowest BCUT2D eigenvalue weighted by molar-refractivity contribution is 0.564. The molecule has 3 aromatic heterocycles. The molecule has 4 aromatic rings. The van der Waals surface area contributed by atoms with Crippen molar-refractivity contribution in [3.8, 4) is 5.69 Å². The van der Waals surface area contributed by atoms with Crippen molar-refractivity contribution in [2.45, 2.75) is 44.6 Å². The van der Waals surface area contributed by atoms with Gasteiger partial charge in [0.15, 0.2) is 11.0 Å². The predicted octanol–water partition coefficient (Wildman–Crippen LogP) is 4.41. The van der Waals surface area contributed by atoms with E-state index in [-0.39, 0.29) is 5.56 Å². The Bertz CT molecular complexity index is 1230. The van der Waals surface area contributed by atoms with Crippen molar-refractivity contribution >= 4 is 44.9 Å². The summed E-state index contributed by atoms with van der Waals surface area (Å²) >= 11 is 9.04. The molecule has 1 aromatic carbocycles. The molecule has 0 amide bonds. The molecular formula is C19H19ClN6OS2. The van der Waals surface area contributed by atoms with Crippen LogP contribution in [-0.4, -0.2) is 29.8 Å². The predicted molar refractivity (Wildman–Crippen MR) is 117 cm³/mol. The van der Waals surface area contributed by atoms with Crippen molar-refractivity contribution in [1.29, 1.82) is 0 Å². The Hall–Kier alpha value is -2.23. The molecule has 0 spiro atoms. The van der Waals surface area contributed by atoms with Crippen LogP contribution in [0.1, 0.15) is 29.6 Å². The summed E-state index contributed by atoms with van der Waals surface area (Å²) in [5, 5.41) is 13.8. The second-order valence-electron chi connectivity index (χ2n) is 6.58. The van der Waals surface area contributed by atoms with Gasteiger partial charge in [-0.15, -0.1) is 16.4 Å². The topological polar surface area (TPSA) is 78.5 Å². The summed E-state index contributed by atoms with van der Waals surface area (Å²) < 4.78 is 3.44. The quantitative estimate of drug-likeness (QED) is 0.322. The van der Waals surface area contributed by atoms with Crippen LogP contribution >= 0.6 is 34.7 Å². The smallest absolute Gasteiger partial charge is 0.267 e. The summed E-state index contributed by atoms with van der Waals surface area (Å²) in [6.45, 7) is 6.81. The van der Waals surface area contributed by atoms with E-state index in [0.29, 0.717) is 21.3 Å². The molecule has 0 saturated carbocycles. The number of halogens is 1. The molecule has 3 heterocycles. The molecule has 0 saturated heterocycles. The van der Waals surface area contributed by atoms with E-state index in [1.165, 1.54) is 11.8 Å². The first-order valence-corrected chi connectivity index (χ1v) is 11.3. The Morgan fingerprint density at radius 1 is 1.21 bits per heavy atom. The first-order valence-electron chi connectivity index (χ1n) is 9.16. The third-order valence-corrected chi connectivity index (χ3v) is 6.92. The Morgan fingerprint density at radius 3 is 2.69 bits per heavy atom. The minimum atomic E-state index is -0.0742. The van der Waals surface area contributed by atoms with Crippen molar-refractivity contribution in [3.63, 3.8) is 0 Å². The van der Waals surface area contributed by atoms with Crippen molar-refractivity contribution < 1.29 is 0 Å². The maximum absolute atomic E-state index is 13.4. The van der Waals surface area contributed by atoms with Crippen LogP contribution in [0, 0.1) is 13.8 Å². The first kappa shape index (κ1) is 20.1. The van der Waals surface area contributed by atoms with Gasteiger partial charge < -0.3 is 0 Å². The fourth-order valence-corrected chi connectivity index (χ4v) is 5.17. The molecule has 7 nitrogen and oxygen atoms in total. The average Bonchev–Trinajstić information content (AvgIpc) is 3.25. The molecule has 10 heteroatoms. The van der Waals surface area contributed by atoms with E-state index < -0.39 is 0 Å². The molecule has 0 fully saturated rings. The number of thioether (sulfide) groups is 1. The number of aryl methyl sites for hydroxylation is 3. The number of thiophene rings is 1. The van der Waals surface area contributed by atoms with E-state index in [4.69, 9.17) is 16.6 Å². The average molecular weight is 447 g/mol. The van der Waals surface area contributed by atoms with Crippen LogP contribution in [-0.2, 0) is 12.3 Å². The lowest BCUT2D eigenvalue weighted by Gasteiger charge is -2.12. The Kier molecular flexibility index (Phi) is 5.71. The van der Waals surface area contributed by atoms with E-state index >= 15 is 0 Å². The molecule has 0 atom stereocenters. The normalized spacial score (nSPS) is 11.4. The Labute approximate surface area is 180 Å². The molecule has 0 unspecified atom stereocenters. The van der Waals surface area contributed by atoms with E-state index in [0.717, 1.165) is 39.7 Å².